The summed E-state index contributed by atoms with van der Waals surface area (Å²) in [7, 11) is 1.74. The van der Waals surface area contributed by atoms with E-state index in [2.05, 4.69) is 0 Å². The molecule has 1 rings (SSSR count). The van der Waals surface area contributed by atoms with Crippen molar-refractivity contribution in [1.82, 2.24) is 4.90 Å². The van der Waals surface area contributed by atoms with Gasteiger partial charge in [-0.1, -0.05) is 0 Å². The van der Waals surface area contributed by atoms with E-state index in [0.717, 1.165) is 6.42 Å². The Kier molecular flexibility index (Phi) is 4.62. The van der Waals surface area contributed by atoms with E-state index in [1.54, 1.807) is 24.1 Å². The normalized spacial score (nSPS) is 12.2. The number of benzene rings is 1. The van der Waals surface area contributed by atoms with Gasteiger partial charge in [0, 0.05) is 24.5 Å². The number of phenols is 1. The lowest BCUT2D eigenvalue weighted by molar-refractivity contribution is 0.0793. The molecule has 0 fully saturated rings. The fourth-order valence-corrected chi connectivity index (χ4v) is 1.40. The number of alkyl halides is 1. The van der Waals surface area contributed by atoms with Crippen molar-refractivity contribution in [2.75, 3.05) is 13.6 Å². The highest BCUT2D eigenvalue weighted by atomic mass is 35.5. The molecule has 0 spiro atoms. The molecule has 88 valence electrons. The van der Waals surface area contributed by atoms with E-state index in [1.807, 2.05) is 6.92 Å². The zero-order valence-corrected chi connectivity index (χ0v) is 10.2. The fraction of sp³-hybridized carbons (Fsp3) is 0.417. The number of hydrogen-bond acceptors (Lipinski definition) is 2. The number of phenolic OH excluding ortho intramolecular Hbond substituents is 1. The number of aromatic hydroxyl groups is 1. The topological polar surface area (TPSA) is 40.5 Å². The van der Waals surface area contributed by atoms with Gasteiger partial charge in [0.25, 0.3) is 5.91 Å². The molecule has 0 saturated carbocycles. The molecule has 0 aliphatic heterocycles. The van der Waals surface area contributed by atoms with Crippen LogP contribution in [0.25, 0.3) is 0 Å². The molecule has 4 heteroatoms. The van der Waals surface area contributed by atoms with Crippen molar-refractivity contribution in [2.45, 2.75) is 18.7 Å². The number of rotatable bonds is 4. The highest BCUT2D eigenvalue weighted by Gasteiger charge is 2.11. The molecule has 1 N–H and O–H groups in total. The average molecular weight is 242 g/mol. The first-order chi connectivity index (χ1) is 7.50. The van der Waals surface area contributed by atoms with Gasteiger partial charge in [-0.3, -0.25) is 4.79 Å². The molecule has 0 bridgehead atoms. The summed E-state index contributed by atoms with van der Waals surface area (Å²) >= 11 is 5.82. The molecule has 0 saturated heterocycles. The first-order valence-electron chi connectivity index (χ1n) is 5.19. The lowest BCUT2D eigenvalue weighted by Gasteiger charge is -2.17. The van der Waals surface area contributed by atoms with Crippen LogP contribution >= 0.6 is 11.6 Å². The molecule has 1 amide bonds. The highest BCUT2D eigenvalue weighted by Crippen LogP contribution is 2.12. The SMILES string of the molecule is CC(Cl)CCN(C)C(=O)c1ccc(O)cc1. The molecule has 0 aliphatic carbocycles. The molecule has 3 nitrogen and oxygen atoms in total. The largest absolute Gasteiger partial charge is 0.508 e. The Morgan fingerprint density at radius 1 is 1.44 bits per heavy atom. The number of nitrogens with zero attached hydrogens (tertiary/aromatic N) is 1. The Hall–Kier alpha value is -1.22. The van der Waals surface area contributed by atoms with Gasteiger partial charge in [0.1, 0.15) is 5.75 Å². The molecule has 1 aromatic rings. The zero-order valence-electron chi connectivity index (χ0n) is 9.48. The van der Waals surface area contributed by atoms with Gasteiger partial charge in [0.2, 0.25) is 0 Å². The van der Waals surface area contributed by atoms with Crippen molar-refractivity contribution in [3.63, 3.8) is 0 Å². The van der Waals surface area contributed by atoms with Crippen LogP contribution in [0.3, 0.4) is 0 Å². The molecule has 0 aromatic heterocycles. The minimum absolute atomic E-state index is 0.0580. The summed E-state index contributed by atoms with van der Waals surface area (Å²) in [6, 6.07) is 6.23. The predicted octanol–water partition coefficient (Wildman–Crippen LogP) is 2.48. The Morgan fingerprint density at radius 2 is 2.00 bits per heavy atom. The summed E-state index contributed by atoms with van der Waals surface area (Å²) in [5, 5.41) is 9.18. The third-order valence-electron chi connectivity index (χ3n) is 2.32. The van der Waals surface area contributed by atoms with Crippen molar-refractivity contribution in [3.05, 3.63) is 29.8 Å². The van der Waals surface area contributed by atoms with E-state index in [4.69, 9.17) is 16.7 Å². The average Bonchev–Trinajstić information content (AvgIpc) is 2.26. The van der Waals surface area contributed by atoms with Crippen molar-refractivity contribution in [2.24, 2.45) is 0 Å². The van der Waals surface area contributed by atoms with Gasteiger partial charge in [0.05, 0.1) is 0 Å². The van der Waals surface area contributed by atoms with Crippen LogP contribution in [0.4, 0.5) is 0 Å². The number of carbonyl (C=O) groups is 1. The summed E-state index contributed by atoms with van der Waals surface area (Å²) in [5.74, 6) is 0.103. The van der Waals surface area contributed by atoms with Crippen LogP contribution in [-0.4, -0.2) is 34.9 Å². The molecule has 1 aromatic carbocycles. The Morgan fingerprint density at radius 3 is 2.50 bits per heavy atom. The van der Waals surface area contributed by atoms with Crippen molar-refractivity contribution < 1.29 is 9.90 Å². The molecule has 1 atom stereocenters. The second-order valence-electron chi connectivity index (χ2n) is 3.84. The lowest BCUT2D eigenvalue weighted by Crippen LogP contribution is -2.28. The van der Waals surface area contributed by atoms with E-state index in [-0.39, 0.29) is 17.0 Å². The van der Waals surface area contributed by atoms with E-state index in [1.165, 1.54) is 12.1 Å². The maximum Gasteiger partial charge on any atom is 0.253 e. The van der Waals surface area contributed by atoms with Crippen molar-refractivity contribution in [3.8, 4) is 5.75 Å². The molecule has 0 aliphatic rings. The van der Waals surface area contributed by atoms with Gasteiger partial charge in [-0.25, -0.2) is 0 Å². The molecule has 1 unspecified atom stereocenters. The monoisotopic (exact) mass is 241 g/mol. The summed E-state index contributed by atoms with van der Waals surface area (Å²) in [6.45, 7) is 2.53. The van der Waals surface area contributed by atoms with Gasteiger partial charge in [-0.2, -0.15) is 0 Å². The summed E-state index contributed by atoms with van der Waals surface area (Å²) in [5.41, 5.74) is 0.572. The van der Waals surface area contributed by atoms with Gasteiger partial charge in [-0.15, -0.1) is 11.6 Å². The number of hydrogen-bond donors (Lipinski definition) is 1. The smallest absolute Gasteiger partial charge is 0.253 e. The molecular formula is C12H16ClNO2. The molecular weight excluding hydrogens is 226 g/mol. The fourth-order valence-electron chi connectivity index (χ4n) is 1.30. The summed E-state index contributed by atoms with van der Waals surface area (Å²) in [4.78, 5) is 13.5. The third-order valence-corrected chi connectivity index (χ3v) is 2.54. The van der Waals surface area contributed by atoms with Crippen LogP contribution in [0.5, 0.6) is 5.75 Å². The number of carbonyl (C=O) groups excluding carboxylic acids is 1. The van der Waals surface area contributed by atoms with Gasteiger partial charge in [-0.05, 0) is 37.6 Å². The Balaban J connectivity index is 2.60. The van der Waals surface area contributed by atoms with Crippen LogP contribution in [-0.2, 0) is 0 Å². The van der Waals surface area contributed by atoms with Crippen LogP contribution < -0.4 is 0 Å². The van der Waals surface area contributed by atoms with E-state index in [9.17, 15) is 4.79 Å². The second kappa shape index (κ2) is 5.75. The van der Waals surface area contributed by atoms with Crippen LogP contribution in [0.15, 0.2) is 24.3 Å². The first-order valence-corrected chi connectivity index (χ1v) is 5.63. The Labute approximate surface area is 101 Å². The first kappa shape index (κ1) is 12.8. The molecule has 16 heavy (non-hydrogen) atoms. The van der Waals surface area contributed by atoms with Crippen molar-refractivity contribution in [1.29, 1.82) is 0 Å². The van der Waals surface area contributed by atoms with Crippen molar-refractivity contribution >= 4 is 17.5 Å². The van der Waals surface area contributed by atoms with Gasteiger partial charge in [0.15, 0.2) is 0 Å². The van der Waals surface area contributed by atoms with Gasteiger partial charge >= 0.3 is 0 Å². The van der Waals surface area contributed by atoms with Crippen LogP contribution in [0.2, 0.25) is 0 Å². The predicted molar refractivity (Wildman–Crippen MR) is 65.0 cm³/mol. The number of halogens is 1. The summed E-state index contributed by atoms with van der Waals surface area (Å²) < 4.78 is 0. The van der Waals surface area contributed by atoms with Gasteiger partial charge < -0.3 is 10.0 Å². The zero-order chi connectivity index (χ0) is 12.1. The van der Waals surface area contributed by atoms with E-state index >= 15 is 0 Å². The highest BCUT2D eigenvalue weighted by molar-refractivity contribution is 6.20. The maximum absolute atomic E-state index is 11.9. The van der Waals surface area contributed by atoms with Crippen LogP contribution in [0.1, 0.15) is 23.7 Å². The Bertz CT molecular complexity index is 349. The lowest BCUT2D eigenvalue weighted by atomic mass is 10.2. The minimum Gasteiger partial charge on any atom is -0.508 e. The standard InChI is InChI=1S/C12H16ClNO2/c1-9(13)7-8-14(2)12(16)10-3-5-11(15)6-4-10/h3-6,9,15H,7-8H2,1-2H3. The third kappa shape index (κ3) is 3.74. The quantitative estimate of drug-likeness (QED) is 0.823. The van der Waals surface area contributed by atoms with Crippen LogP contribution in [0, 0.1) is 0 Å². The second-order valence-corrected chi connectivity index (χ2v) is 4.59. The number of amides is 1. The molecule has 0 radical (unpaired) electrons. The van der Waals surface area contributed by atoms with E-state index in [0.29, 0.717) is 12.1 Å². The summed E-state index contributed by atoms with van der Waals surface area (Å²) in [6.07, 6.45) is 0.766. The minimum atomic E-state index is -0.0580. The van der Waals surface area contributed by atoms with E-state index < -0.39 is 0 Å². The molecule has 0 heterocycles. The maximum atomic E-state index is 11.9.